The third kappa shape index (κ3) is 5.47. The Hall–Kier alpha value is -2.82. The molecule has 0 aliphatic carbocycles. The minimum absolute atomic E-state index is 0.101. The normalized spacial score (nSPS) is 11.5. The minimum Gasteiger partial charge on any atom is -0.480 e. The first kappa shape index (κ1) is 16.5. The SMILES string of the molecule is Cc1ccc(C[C@H](NC(=O)OCc2ccccc2)C(=O)O)cc1. The van der Waals surface area contributed by atoms with Gasteiger partial charge in [0.25, 0.3) is 0 Å². The second kappa shape index (κ2) is 7.98. The number of hydrogen-bond donors (Lipinski definition) is 2. The third-order valence-electron chi connectivity index (χ3n) is 3.36. The molecule has 2 aromatic carbocycles. The molecule has 0 bridgehead atoms. The van der Waals surface area contributed by atoms with Crippen LogP contribution in [0.4, 0.5) is 4.79 Å². The summed E-state index contributed by atoms with van der Waals surface area (Å²) in [5.74, 6) is -1.10. The van der Waals surface area contributed by atoms with E-state index in [1.807, 2.05) is 61.5 Å². The number of benzene rings is 2. The molecule has 1 amide bonds. The molecule has 0 aliphatic heterocycles. The lowest BCUT2D eigenvalue weighted by Crippen LogP contribution is -2.42. The van der Waals surface area contributed by atoms with Crippen LogP contribution in [0.2, 0.25) is 0 Å². The van der Waals surface area contributed by atoms with Crippen LogP contribution in [-0.4, -0.2) is 23.2 Å². The zero-order chi connectivity index (χ0) is 16.7. The van der Waals surface area contributed by atoms with Crippen LogP contribution in [0.1, 0.15) is 16.7 Å². The van der Waals surface area contributed by atoms with Gasteiger partial charge in [0.1, 0.15) is 12.6 Å². The Morgan fingerprint density at radius 1 is 1.04 bits per heavy atom. The van der Waals surface area contributed by atoms with E-state index in [0.29, 0.717) is 0 Å². The van der Waals surface area contributed by atoms with Crippen molar-refractivity contribution in [1.29, 1.82) is 0 Å². The number of carbonyl (C=O) groups excluding carboxylic acids is 1. The van der Waals surface area contributed by atoms with E-state index >= 15 is 0 Å². The highest BCUT2D eigenvalue weighted by atomic mass is 16.5. The van der Waals surface area contributed by atoms with Gasteiger partial charge in [-0.1, -0.05) is 60.2 Å². The standard InChI is InChI=1S/C18H19NO4/c1-13-7-9-14(10-8-13)11-16(17(20)21)19-18(22)23-12-15-5-3-2-4-6-15/h2-10,16H,11-12H2,1H3,(H,19,22)(H,20,21)/t16-/m0/s1. The zero-order valence-corrected chi connectivity index (χ0v) is 12.9. The van der Waals surface area contributed by atoms with Crippen molar-refractivity contribution in [2.24, 2.45) is 0 Å². The van der Waals surface area contributed by atoms with Crippen molar-refractivity contribution in [2.45, 2.75) is 26.0 Å². The van der Waals surface area contributed by atoms with Crippen molar-refractivity contribution in [3.05, 3.63) is 71.3 Å². The second-order valence-corrected chi connectivity index (χ2v) is 5.29. The Morgan fingerprint density at radius 2 is 1.70 bits per heavy atom. The predicted octanol–water partition coefficient (Wildman–Crippen LogP) is 2.92. The van der Waals surface area contributed by atoms with Gasteiger partial charge >= 0.3 is 12.1 Å². The first-order valence-electron chi connectivity index (χ1n) is 7.30. The molecule has 2 aromatic rings. The molecule has 0 unspecified atom stereocenters. The molecule has 2 rings (SSSR count). The van der Waals surface area contributed by atoms with Crippen LogP contribution in [0.5, 0.6) is 0 Å². The van der Waals surface area contributed by atoms with Crippen LogP contribution in [0.15, 0.2) is 54.6 Å². The number of aliphatic carboxylic acids is 1. The number of ether oxygens (including phenoxy) is 1. The molecule has 0 spiro atoms. The summed E-state index contributed by atoms with van der Waals surface area (Å²) in [5.41, 5.74) is 2.77. The van der Waals surface area contributed by atoms with E-state index < -0.39 is 18.1 Å². The molecule has 120 valence electrons. The molecule has 0 aliphatic rings. The highest BCUT2D eigenvalue weighted by Gasteiger charge is 2.21. The molecule has 1 atom stereocenters. The van der Waals surface area contributed by atoms with Crippen molar-refractivity contribution in [3.8, 4) is 0 Å². The molecular weight excluding hydrogens is 294 g/mol. The zero-order valence-electron chi connectivity index (χ0n) is 12.9. The second-order valence-electron chi connectivity index (χ2n) is 5.29. The lowest BCUT2D eigenvalue weighted by molar-refractivity contribution is -0.139. The summed E-state index contributed by atoms with van der Waals surface area (Å²) >= 11 is 0. The first-order chi connectivity index (χ1) is 11.0. The van der Waals surface area contributed by atoms with Gasteiger partial charge in [-0.3, -0.25) is 0 Å². The Morgan fingerprint density at radius 3 is 2.30 bits per heavy atom. The fourth-order valence-corrected chi connectivity index (χ4v) is 2.07. The average Bonchev–Trinajstić information content (AvgIpc) is 2.55. The maximum Gasteiger partial charge on any atom is 0.408 e. The number of nitrogens with one attached hydrogen (secondary N) is 1. The van der Waals surface area contributed by atoms with Gasteiger partial charge in [-0.15, -0.1) is 0 Å². The molecule has 0 saturated heterocycles. The van der Waals surface area contributed by atoms with E-state index in [4.69, 9.17) is 4.74 Å². The van der Waals surface area contributed by atoms with Crippen LogP contribution in [-0.2, 0) is 22.6 Å². The van der Waals surface area contributed by atoms with E-state index in [2.05, 4.69) is 5.32 Å². The van der Waals surface area contributed by atoms with Gasteiger partial charge in [0.05, 0.1) is 0 Å². The van der Waals surface area contributed by atoms with Gasteiger partial charge in [-0.25, -0.2) is 9.59 Å². The Bertz CT molecular complexity index is 652. The van der Waals surface area contributed by atoms with Crippen LogP contribution in [0.3, 0.4) is 0 Å². The number of aryl methyl sites for hydroxylation is 1. The maximum atomic E-state index is 11.8. The summed E-state index contributed by atoms with van der Waals surface area (Å²) in [5, 5.41) is 11.6. The molecule has 23 heavy (non-hydrogen) atoms. The molecular formula is C18H19NO4. The molecule has 5 heteroatoms. The van der Waals surface area contributed by atoms with Crippen LogP contribution in [0.25, 0.3) is 0 Å². The lowest BCUT2D eigenvalue weighted by atomic mass is 10.0. The van der Waals surface area contributed by atoms with Crippen LogP contribution >= 0.6 is 0 Å². The number of carbonyl (C=O) groups is 2. The summed E-state index contributed by atoms with van der Waals surface area (Å²) in [6.07, 6.45) is -0.538. The number of hydrogen-bond acceptors (Lipinski definition) is 3. The molecule has 0 radical (unpaired) electrons. The lowest BCUT2D eigenvalue weighted by Gasteiger charge is -2.15. The smallest absolute Gasteiger partial charge is 0.408 e. The summed E-state index contributed by atoms with van der Waals surface area (Å²) in [7, 11) is 0. The Labute approximate surface area is 134 Å². The van der Waals surface area contributed by atoms with Gasteiger partial charge in [0.2, 0.25) is 0 Å². The van der Waals surface area contributed by atoms with Crippen molar-refractivity contribution in [2.75, 3.05) is 0 Å². The fourth-order valence-electron chi connectivity index (χ4n) is 2.07. The topological polar surface area (TPSA) is 75.6 Å². The molecule has 0 fully saturated rings. The summed E-state index contributed by atoms with van der Waals surface area (Å²) in [6, 6.07) is 15.7. The van der Waals surface area contributed by atoms with E-state index in [1.54, 1.807) is 0 Å². The fraction of sp³-hybridized carbons (Fsp3) is 0.222. The largest absolute Gasteiger partial charge is 0.480 e. The number of carboxylic acid groups (broad SMARTS) is 1. The molecule has 0 heterocycles. The summed E-state index contributed by atoms with van der Waals surface area (Å²) in [6.45, 7) is 2.06. The first-order valence-corrected chi connectivity index (χ1v) is 7.30. The minimum atomic E-state index is -1.10. The molecule has 0 saturated carbocycles. The van der Waals surface area contributed by atoms with E-state index in [-0.39, 0.29) is 13.0 Å². The third-order valence-corrected chi connectivity index (χ3v) is 3.36. The molecule has 0 aromatic heterocycles. The van der Waals surface area contributed by atoms with Gasteiger partial charge in [-0.2, -0.15) is 0 Å². The van der Waals surface area contributed by atoms with Gasteiger partial charge in [0.15, 0.2) is 0 Å². The summed E-state index contributed by atoms with van der Waals surface area (Å²) < 4.78 is 5.05. The molecule has 2 N–H and O–H groups in total. The quantitative estimate of drug-likeness (QED) is 0.860. The number of carboxylic acids is 1. The van der Waals surface area contributed by atoms with E-state index in [0.717, 1.165) is 16.7 Å². The van der Waals surface area contributed by atoms with Gasteiger partial charge in [-0.05, 0) is 18.1 Å². The number of rotatable bonds is 6. The van der Waals surface area contributed by atoms with E-state index in [1.165, 1.54) is 0 Å². The Kier molecular flexibility index (Phi) is 5.74. The number of alkyl carbamates (subject to hydrolysis) is 1. The van der Waals surface area contributed by atoms with Crippen molar-refractivity contribution in [1.82, 2.24) is 5.32 Å². The van der Waals surface area contributed by atoms with Gasteiger partial charge in [0, 0.05) is 6.42 Å². The maximum absolute atomic E-state index is 11.8. The number of amides is 1. The summed E-state index contributed by atoms with van der Waals surface area (Å²) in [4.78, 5) is 23.1. The highest BCUT2D eigenvalue weighted by molar-refractivity contribution is 5.80. The monoisotopic (exact) mass is 313 g/mol. The van der Waals surface area contributed by atoms with Crippen molar-refractivity contribution < 1.29 is 19.4 Å². The highest BCUT2D eigenvalue weighted by Crippen LogP contribution is 2.07. The van der Waals surface area contributed by atoms with Crippen LogP contribution < -0.4 is 5.32 Å². The average molecular weight is 313 g/mol. The van der Waals surface area contributed by atoms with Crippen molar-refractivity contribution >= 4 is 12.1 Å². The van der Waals surface area contributed by atoms with Crippen LogP contribution in [0, 0.1) is 6.92 Å². The van der Waals surface area contributed by atoms with Crippen molar-refractivity contribution in [3.63, 3.8) is 0 Å². The molecule has 5 nitrogen and oxygen atoms in total. The predicted molar refractivity (Wildman–Crippen MR) is 86.1 cm³/mol. The van der Waals surface area contributed by atoms with Gasteiger partial charge < -0.3 is 15.2 Å². The van der Waals surface area contributed by atoms with E-state index in [9.17, 15) is 14.7 Å². The Balaban J connectivity index is 1.89.